The number of hydrogen-bond donors (Lipinski definition) is 0. The summed E-state index contributed by atoms with van der Waals surface area (Å²) in [5.74, 6) is 1.91. The van der Waals surface area contributed by atoms with Crippen LogP contribution < -0.4 is 5.56 Å². The van der Waals surface area contributed by atoms with Gasteiger partial charge in [0.05, 0.1) is 10.6 Å². The number of thioether (sulfide) groups is 1. The van der Waals surface area contributed by atoms with Gasteiger partial charge >= 0.3 is 0 Å². The van der Waals surface area contributed by atoms with E-state index >= 15 is 0 Å². The molecule has 0 N–H and O–H groups in total. The minimum Gasteiger partial charge on any atom is -0.338 e. The van der Waals surface area contributed by atoms with Gasteiger partial charge in [-0.05, 0) is 37.7 Å². The second kappa shape index (κ2) is 7.83. The highest BCUT2D eigenvalue weighted by Gasteiger charge is 2.26. The van der Waals surface area contributed by atoms with E-state index in [2.05, 4.69) is 23.6 Å². The molecule has 0 spiro atoms. The summed E-state index contributed by atoms with van der Waals surface area (Å²) in [6.07, 6.45) is 5.60. The molecule has 148 valence electrons. The fraction of sp³-hybridized carbons (Fsp3) is 0.500. The Morgan fingerprint density at radius 3 is 3.00 bits per heavy atom. The lowest BCUT2D eigenvalue weighted by Crippen LogP contribution is -2.23. The van der Waals surface area contributed by atoms with Crippen LogP contribution in [0.1, 0.15) is 54.6 Å². The van der Waals surface area contributed by atoms with Crippen LogP contribution in [-0.4, -0.2) is 19.7 Å². The third-order valence-electron chi connectivity index (χ3n) is 5.12. The first-order valence-electron chi connectivity index (χ1n) is 9.66. The topological polar surface area (TPSA) is 73.8 Å². The molecule has 0 fully saturated rings. The predicted octanol–water partition coefficient (Wildman–Crippen LogP) is 4.57. The molecule has 0 amide bonds. The Morgan fingerprint density at radius 1 is 1.46 bits per heavy atom. The molecule has 8 heteroatoms. The summed E-state index contributed by atoms with van der Waals surface area (Å²) in [5.41, 5.74) is 1.24. The summed E-state index contributed by atoms with van der Waals surface area (Å²) in [5, 5.41) is 5.35. The summed E-state index contributed by atoms with van der Waals surface area (Å²) < 4.78 is 7.09. The second-order valence-corrected chi connectivity index (χ2v) is 9.68. The van der Waals surface area contributed by atoms with E-state index in [1.165, 1.54) is 22.2 Å². The van der Waals surface area contributed by atoms with Gasteiger partial charge in [0.1, 0.15) is 4.83 Å². The zero-order chi connectivity index (χ0) is 19.8. The van der Waals surface area contributed by atoms with Gasteiger partial charge in [0, 0.05) is 17.8 Å². The van der Waals surface area contributed by atoms with Gasteiger partial charge in [-0.1, -0.05) is 36.8 Å². The molecule has 1 aliphatic rings. The van der Waals surface area contributed by atoms with Gasteiger partial charge in [0.2, 0.25) is 5.89 Å². The van der Waals surface area contributed by atoms with E-state index in [1.54, 1.807) is 22.0 Å². The zero-order valence-corrected chi connectivity index (χ0v) is 18.0. The van der Waals surface area contributed by atoms with Crippen LogP contribution in [0.3, 0.4) is 0 Å². The molecule has 3 aromatic heterocycles. The number of thiophene rings is 1. The minimum absolute atomic E-state index is 0.0337. The number of nitrogens with zero attached hydrogens (tertiary/aromatic N) is 4. The summed E-state index contributed by atoms with van der Waals surface area (Å²) in [6, 6.07) is 0. The molecule has 0 bridgehead atoms. The fourth-order valence-corrected chi connectivity index (χ4v) is 5.94. The Kier molecular flexibility index (Phi) is 5.42. The summed E-state index contributed by atoms with van der Waals surface area (Å²) in [6.45, 7) is 10.5. The number of aromatic nitrogens is 4. The van der Waals surface area contributed by atoms with Crippen molar-refractivity contribution in [2.24, 2.45) is 5.92 Å². The van der Waals surface area contributed by atoms with Gasteiger partial charge in [0.25, 0.3) is 5.56 Å². The van der Waals surface area contributed by atoms with Crippen LogP contribution in [-0.2, 0) is 25.8 Å². The molecule has 6 nitrogen and oxygen atoms in total. The molecule has 3 aromatic rings. The maximum absolute atomic E-state index is 13.3. The van der Waals surface area contributed by atoms with E-state index in [4.69, 9.17) is 9.51 Å². The Balaban J connectivity index is 1.77. The Bertz CT molecular complexity index is 1080. The number of hydrogen-bond acceptors (Lipinski definition) is 7. The molecule has 1 aliphatic carbocycles. The van der Waals surface area contributed by atoms with Gasteiger partial charge in [-0.3, -0.25) is 9.36 Å². The van der Waals surface area contributed by atoms with Crippen molar-refractivity contribution in [2.45, 2.75) is 63.4 Å². The SMILES string of the molecule is C=CCn1c(SC(C)c2nc(CC)no2)nc2sc3c(c2c1=O)CCC(C)C3. The lowest BCUT2D eigenvalue weighted by Gasteiger charge is -2.17. The van der Waals surface area contributed by atoms with Gasteiger partial charge in [-0.25, -0.2) is 4.98 Å². The number of aryl methyl sites for hydroxylation is 2. The lowest BCUT2D eigenvalue weighted by atomic mass is 9.89. The Hall–Kier alpha value is -1.93. The smallest absolute Gasteiger partial charge is 0.263 e. The highest BCUT2D eigenvalue weighted by Crippen LogP contribution is 2.38. The van der Waals surface area contributed by atoms with E-state index < -0.39 is 0 Å². The van der Waals surface area contributed by atoms with Crippen molar-refractivity contribution in [1.29, 1.82) is 0 Å². The first-order valence-corrected chi connectivity index (χ1v) is 11.4. The largest absolute Gasteiger partial charge is 0.338 e. The molecule has 2 atom stereocenters. The van der Waals surface area contributed by atoms with E-state index in [0.717, 1.165) is 35.9 Å². The van der Waals surface area contributed by atoms with Gasteiger partial charge in [-0.2, -0.15) is 4.98 Å². The predicted molar refractivity (Wildman–Crippen MR) is 113 cm³/mol. The molecule has 0 saturated carbocycles. The van der Waals surface area contributed by atoms with Crippen molar-refractivity contribution in [2.75, 3.05) is 0 Å². The third kappa shape index (κ3) is 3.43. The van der Waals surface area contributed by atoms with Crippen LogP contribution in [0.5, 0.6) is 0 Å². The monoisotopic (exact) mass is 416 g/mol. The molecule has 28 heavy (non-hydrogen) atoms. The van der Waals surface area contributed by atoms with E-state index in [0.29, 0.717) is 29.3 Å². The van der Waals surface area contributed by atoms with Crippen molar-refractivity contribution in [3.05, 3.63) is 45.2 Å². The van der Waals surface area contributed by atoms with E-state index in [9.17, 15) is 4.79 Å². The molecule has 4 rings (SSSR count). The zero-order valence-electron chi connectivity index (χ0n) is 16.4. The highest BCUT2D eigenvalue weighted by molar-refractivity contribution is 7.99. The van der Waals surface area contributed by atoms with Crippen LogP contribution in [0.15, 0.2) is 27.1 Å². The molecular weight excluding hydrogens is 392 g/mol. The van der Waals surface area contributed by atoms with E-state index in [-0.39, 0.29) is 10.8 Å². The number of rotatable bonds is 6. The van der Waals surface area contributed by atoms with Crippen LogP contribution in [0, 0.1) is 5.92 Å². The molecule has 3 heterocycles. The second-order valence-electron chi connectivity index (χ2n) is 7.29. The normalized spacial score (nSPS) is 17.6. The molecule has 0 radical (unpaired) electrons. The quantitative estimate of drug-likeness (QED) is 0.333. The average Bonchev–Trinajstić information content (AvgIpc) is 3.28. The molecule has 0 saturated heterocycles. The summed E-state index contributed by atoms with van der Waals surface area (Å²) >= 11 is 3.15. The van der Waals surface area contributed by atoms with Crippen LogP contribution in [0.4, 0.5) is 0 Å². The van der Waals surface area contributed by atoms with Crippen molar-refractivity contribution in [3.8, 4) is 0 Å². The Morgan fingerprint density at radius 2 is 2.29 bits per heavy atom. The molecule has 0 aliphatic heterocycles. The van der Waals surface area contributed by atoms with Crippen LogP contribution >= 0.6 is 23.1 Å². The molecule has 0 aromatic carbocycles. The number of fused-ring (bicyclic) bond motifs is 3. The Labute approximate surface area is 172 Å². The minimum atomic E-state index is -0.0946. The molecule has 2 unspecified atom stereocenters. The van der Waals surface area contributed by atoms with Crippen molar-refractivity contribution in [3.63, 3.8) is 0 Å². The fourth-order valence-electron chi connectivity index (χ4n) is 3.57. The molecular formula is C20H24N4O2S2. The first kappa shape index (κ1) is 19.4. The third-order valence-corrected chi connectivity index (χ3v) is 7.35. The maximum Gasteiger partial charge on any atom is 0.263 e. The highest BCUT2D eigenvalue weighted by atomic mass is 32.2. The van der Waals surface area contributed by atoms with Gasteiger partial charge in [-0.15, -0.1) is 17.9 Å². The average molecular weight is 417 g/mol. The maximum atomic E-state index is 13.3. The van der Waals surface area contributed by atoms with Gasteiger partial charge < -0.3 is 4.52 Å². The van der Waals surface area contributed by atoms with E-state index in [1.807, 2.05) is 13.8 Å². The lowest BCUT2D eigenvalue weighted by molar-refractivity contribution is 0.375. The van der Waals surface area contributed by atoms with Crippen molar-refractivity contribution in [1.82, 2.24) is 19.7 Å². The van der Waals surface area contributed by atoms with Gasteiger partial charge in [0.15, 0.2) is 11.0 Å². The number of allylic oxidation sites excluding steroid dienone is 1. The van der Waals surface area contributed by atoms with Crippen molar-refractivity contribution >= 4 is 33.3 Å². The first-order chi connectivity index (χ1) is 13.5. The summed E-state index contributed by atoms with van der Waals surface area (Å²) in [7, 11) is 0. The standard InChI is InChI=1S/C20H24N4O2S2/c1-5-9-24-19(25)16-13-8-7-11(3)10-14(13)28-18(16)22-20(24)27-12(4)17-21-15(6-2)23-26-17/h5,11-12H,1,6-10H2,2-4H3. The summed E-state index contributed by atoms with van der Waals surface area (Å²) in [4.78, 5) is 24.8. The van der Waals surface area contributed by atoms with Crippen LogP contribution in [0.25, 0.3) is 10.2 Å². The van der Waals surface area contributed by atoms with Crippen molar-refractivity contribution < 1.29 is 4.52 Å². The van der Waals surface area contributed by atoms with Crippen LogP contribution in [0.2, 0.25) is 0 Å².